The van der Waals surface area contributed by atoms with Crippen LogP contribution in [0.3, 0.4) is 0 Å². The van der Waals surface area contributed by atoms with Gasteiger partial charge in [-0.1, -0.05) is 41.5 Å². The average Bonchev–Trinajstić information content (AvgIpc) is 3.13. The highest BCUT2D eigenvalue weighted by atomic mass is 16.2. The minimum absolute atomic E-state index is 0.151. The molecule has 292 valence electrons. The molecule has 2 saturated heterocycles. The Bertz CT molecular complexity index is 1520. The van der Waals surface area contributed by atoms with E-state index in [9.17, 15) is 29.7 Å². The molecule has 2 aromatic heterocycles. The summed E-state index contributed by atoms with van der Waals surface area (Å²) in [5.74, 6) is -1.43. The number of piperidine rings is 2. The van der Waals surface area contributed by atoms with Crippen LogP contribution >= 0.6 is 0 Å². The second-order valence-corrected chi connectivity index (χ2v) is 16.9. The third-order valence-electron chi connectivity index (χ3n) is 9.45. The molecule has 15 nitrogen and oxygen atoms in total. The lowest BCUT2D eigenvalue weighted by molar-refractivity contribution is -0.126. The van der Waals surface area contributed by atoms with E-state index in [0.717, 1.165) is 26.2 Å². The molecule has 54 heavy (non-hydrogen) atoms. The van der Waals surface area contributed by atoms with Crippen molar-refractivity contribution >= 4 is 23.6 Å². The van der Waals surface area contributed by atoms with Crippen molar-refractivity contribution in [1.29, 1.82) is 10.5 Å². The van der Waals surface area contributed by atoms with Crippen LogP contribution in [-0.4, -0.2) is 112 Å². The summed E-state index contributed by atoms with van der Waals surface area (Å²) >= 11 is 0. The first kappa shape index (κ1) is 43.4. The Labute approximate surface area is 319 Å². The third kappa shape index (κ3) is 13.8. The highest BCUT2D eigenvalue weighted by Crippen LogP contribution is 2.26. The molecule has 4 rings (SSSR count). The number of rotatable bonds is 10. The van der Waals surface area contributed by atoms with Crippen LogP contribution < -0.4 is 21.3 Å². The number of nitriles is 2. The summed E-state index contributed by atoms with van der Waals surface area (Å²) in [5, 5.41) is 30.8. The minimum Gasteiger partial charge on any atom is -0.340 e. The normalized spacial score (nSPS) is 18.2. The summed E-state index contributed by atoms with van der Waals surface area (Å²) in [5.41, 5.74) is -1.52. The molecule has 0 radical (unpaired) electrons. The maximum atomic E-state index is 13.0. The topological polar surface area (TPSA) is 209 Å². The SMILES string of the molecule is CN1CCC(C#N)(NC(=O)C(CC(C)(C)C)NC(=O)c2ccncc2)CC1.CN1CCC(C#N)(NC(=O)C(CC(C)(C)C)NC(=O)c2cnccn2)CC1. The van der Waals surface area contributed by atoms with E-state index >= 15 is 0 Å². The number of aromatic nitrogens is 3. The molecule has 15 heteroatoms. The molecule has 0 spiro atoms. The first-order chi connectivity index (χ1) is 25.3. The second-order valence-electron chi connectivity index (χ2n) is 16.9. The van der Waals surface area contributed by atoms with Gasteiger partial charge in [-0.05, 0) is 75.6 Å². The number of hydrogen-bond donors (Lipinski definition) is 4. The molecule has 2 aromatic rings. The highest BCUT2D eigenvalue weighted by molar-refractivity contribution is 5.98. The van der Waals surface area contributed by atoms with Crippen molar-refractivity contribution in [3.63, 3.8) is 0 Å². The van der Waals surface area contributed by atoms with Gasteiger partial charge < -0.3 is 31.1 Å². The van der Waals surface area contributed by atoms with Crippen LogP contribution in [0.4, 0.5) is 0 Å². The van der Waals surface area contributed by atoms with Crippen LogP contribution in [0.1, 0.15) is 101 Å². The molecular formula is C39H57N11O4. The van der Waals surface area contributed by atoms with Crippen LogP contribution in [0.2, 0.25) is 0 Å². The molecule has 4 N–H and O–H groups in total. The van der Waals surface area contributed by atoms with E-state index in [4.69, 9.17) is 0 Å². The Morgan fingerprint density at radius 3 is 1.50 bits per heavy atom. The fourth-order valence-electron chi connectivity index (χ4n) is 6.21. The zero-order valence-electron chi connectivity index (χ0n) is 33.0. The lowest BCUT2D eigenvalue weighted by Gasteiger charge is -2.37. The van der Waals surface area contributed by atoms with E-state index in [2.05, 4.69) is 58.2 Å². The lowest BCUT2D eigenvalue weighted by Crippen LogP contribution is -2.59. The molecule has 0 bridgehead atoms. The van der Waals surface area contributed by atoms with Gasteiger partial charge in [0.05, 0.1) is 18.3 Å². The fourth-order valence-corrected chi connectivity index (χ4v) is 6.21. The molecular weight excluding hydrogens is 687 g/mol. The van der Waals surface area contributed by atoms with Crippen molar-refractivity contribution < 1.29 is 19.2 Å². The number of nitrogens with zero attached hydrogens (tertiary/aromatic N) is 7. The number of amides is 4. The average molecular weight is 744 g/mol. The first-order valence-corrected chi connectivity index (χ1v) is 18.4. The predicted molar refractivity (Wildman–Crippen MR) is 203 cm³/mol. The van der Waals surface area contributed by atoms with Crippen LogP contribution in [0.15, 0.2) is 43.1 Å². The van der Waals surface area contributed by atoms with Gasteiger partial charge >= 0.3 is 0 Å². The summed E-state index contributed by atoms with van der Waals surface area (Å²) in [4.78, 5) is 67.0. The summed E-state index contributed by atoms with van der Waals surface area (Å²) in [6, 6.07) is 6.31. The molecule has 2 fully saturated rings. The van der Waals surface area contributed by atoms with Gasteiger partial charge in [-0.3, -0.25) is 29.1 Å². The molecule has 4 heterocycles. The van der Waals surface area contributed by atoms with Crippen LogP contribution in [-0.2, 0) is 9.59 Å². The summed E-state index contributed by atoms with van der Waals surface area (Å²) in [6.07, 6.45) is 10.5. The van der Waals surface area contributed by atoms with Crippen molar-refractivity contribution in [2.24, 2.45) is 10.8 Å². The highest BCUT2D eigenvalue weighted by Gasteiger charge is 2.39. The van der Waals surface area contributed by atoms with Crippen molar-refractivity contribution in [3.8, 4) is 12.1 Å². The number of carbonyl (C=O) groups is 4. The fraction of sp³-hybridized carbons (Fsp3) is 0.615. The molecule has 2 aliphatic rings. The van der Waals surface area contributed by atoms with Gasteiger partial charge in [0.15, 0.2) is 0 Å². The molecule has 0 saturated carbocycles. The van der Waals surface area contributed by atoms with E-state index < -0.39 is 29.1 Å². The third-order valence-corrected chi connectivity index (χ3v) is 9.45. The monoisotopic (exact) mass is 743 g/mol. The molecule has 2 atom stereocenters. The Morgan fingerprint density at radius 2 is 1.13 bits per heavy atom. The van der Waals surface area contributed by atoms with E-state index in [-0.39, 0.29) is 34.2 Å². The van der Waals surface area contributed by atoms with E-state index in [1.54, 1.807) is 12.1 Å². The van der Waals surface area contributed by atoms with Crippen molar-refractivity contribution in [2.45, 2.75) is 103 Å². The number of hydrogen-bond acceptors (Lipinski definition) is 11. The number of carbonyl (C=O) groups excluding carboxylic acids is 4. The Balaban J connectivity index is 0.000000290. The predicted octanol–water partition coefficient (Wildman–Crippen LogP) is 2.84. The minimum atomic E-state index is -0.892. The molecule has 2 unspecified atom stereocenters. The maximum Gasteiger partial charge on any atom is 0.272 e. The largest absolute Gasteiger partial charge is 0.340 e. The van der Waals surface area contributed by atoms with Crippen molar-refractivity contribution in [1.82, 2.24) is 46.0 Å². The van der Waals surface area contributed by atoms with E-state index in [1.165, 1.54) is 31.0 Å². The van der Waals surface area contributed by atoms with Gasteiger partial charge in [0.2, 0.25) is 11.8 Å². The van der Waals surface area contributed by atoms with E-state index in [0.29, 0.717) is 44.1 Å². The van der Waals surface area contributed by atoms with Crippen LogP contribution in [0, 0.1) is 33.5 Å². The zero-order chi connectivity index (χ0) is 40.2. The molecule has 2 aliphatic heterocycles. The Kier molecular flexibility index (Phi) is 15.2. The quantitative estimate of drug-likeness (QED) is 0.278. The molecule has 0 aliphatic carbocycles. The maximum absolute atomic E-state index is 13.0. The molecule has 0 aromatic carbocycles. The van der Waals surface area contributed by atoms with Crippen molar-refractivity contribution in [2.75, 3.05) is 40.3 Å². The zero-order valence-corrected chi connectivity index (χ0v) is 33.0. The standard InChI is InChI=1S/C20H29N5O2.C19H28N6O2/c1-19(2,3)13-16(23-17(26)15-5-9-22-10-6-15)18(27)24-20(14-21)7-11-25(4)12-8-20;1-18(2,3)11-14(23-16(26)15-12-21-7-8-22-15)17(27)24-19(13-20)5-9-25(4)10-6-19/h5-6,9-10,16H,7-8,11-13H2,1-4H3,(H,23,26)(H,24,27);7-8,12,14H,5-6,9-11H2,1-4H3,(H,23,26)(H,24,27). The lowest BCUT2D eigenvalue weighted by atomic mass is 9.85. The van der Waals surface area contributed by atoms with Gasteiger partial charge in [0.25, 0.3) is 11.8 Å². The Morgan fingerprint density at radius 1 is 0.704 bits per heavy atom. The number of likely N-dealkylation sites (tertiary alicyclic amines) is 2. The van der Waals surface area contributed by atoms with Gasteiger partial charge in [-0.25, -0.2) is 4.98 Å². The van der Waals surface area contributed by atoms with Gasteiger partial charge in [0.1, 0.15) is 28.9 Å². The first-order valence-electron chi connectivity index (χ1n) is 18.4. The summed E-state index contributed by atoms with van der Waals surface area (Å²) in [6.45, 7) is 15.0. The van der Waals surface area contributed by atoms with Gasteiger partial charge in [-0.15, -0.1) is 0 Å². The van der Waals surface area contributed by atoms with Gasteiger partial charge in [-0.2, -0.15) is 10.5 Å². The smallest absolute Gasteiger partial charge is 0.272 e. The van der Waals surface area contributed by atoms with Gasteiger partial charge in [0, 0.05) is 56.5 Å². The van der Waals surface area contributed by atoms with E-state index in [1.807, 2.05) is 55.6 Å². The van der Waals surface area contributed by atoms with Crippen LogP contribution in [0.25, 0.3) is 0 Å². The summed E-state index contributed by atoms with van der Waals surface area (Å²) < 4.78 is 0. The Hall–Kier alpha value is -4.99. The van der Waals surface area contributed by atoms with Crippen molar-refractivity contribution in [3.05, 3.63) is 54.4 Å². The number of nitrogens with one attached hydrogen (secondary N) is 4. The second kappa shape index (κ2) is 18.9. The molecule has 4 amide bonds. The number of pyridine rings is 1. The summed E-state index contributed by atoms with van der Waals surface area (Å²) in [7, 11) is 3.99. The van der Waals surface area contributed by atoms with Crippen LogP contribution in [0.5, 0.6) is 0 Å².